The highest BCUT2D eigenvalue weighted by atomic mass is 32.2. The molecule has 0 atom stereocenters. The van der Waals surface area contributed by atoms with Gasteiger partial charge in [-0.05, 0) is 102 Å². The van der Waals surface area contributed by atoms with Gasteiger partial charge in [0.05, 0.1) is 5.69 Å². The fraction of sp³-hybridized carbons (Fsp3) is 0.270. The van der Waals surface area contributed by atoms with Crippen LogP contribution in [-0.2, 0) is 12.8 Å². The van der Waals surface area contributed by atoms with Gasteiger partial charge in [0.15, 0.2) is 5.09 Å². The number of carbonyl (C=O) groups is 1. The third-order valence-electron chi connectivity index (χ3n) is 9.06. The Morgan fingerprint density at radius 2 is 2.00 bits per heavy atom. The van der Waals surface area contributed by atoms with Crippen molar-refractivity contribution in [2.75, 3.05) is 17.2 Å². The van der Waals surface area contributed by atoms with Crippen molar-refractivity contribution in [2.24, 2.45) is 0 Å². The van der Waals surface area contributed by atoms with Gasteiger partial charge in [0.25, 0.3) is 5.91 Å². The molecule has 2 aliphatic heterocycles. The number of fused-ring (bicyclic) bond motifs is 3. The highest BCUT2D eigenvalue weighted by Crippen LogP contribution is 2.46. The Labute approximate surface area is 250 Å². The molecular formula is C37H34N2O2S. The molecule has 5 heteroatoms. The van der Waals surface area contributed by atoms with Crippen molar-refractivity contribution in [3.8, 4) is 5.75 Å². The van der Waals surface area contributed by atoms with Gasteiger partial charge >= 0.3 is 0 Å². The summed E-state index contributed by atoms with van der Waals surface area (Å²) >= 11 is 1.75. The molecule has 4 aromatic rings. The van der Waals surface area contributed by atoms with Crippen LogP contribution in [0.15, 0.2) is 88.6 Å². The number of nitrogens with one attached hydrogen (secondary N) is 1. The van der Waals surface area contributed by atoms with Gasteiger partial charge in [-0.15, -0.1) is 0 Å². The SMILES string of the molecule is CCCSC1=Cc2cccc3c4c(cc(c23)O1)N(C(=O)c1cc2cc(CCC3=CC5=C(C=CCC5)C3)ccc2[nH]1)CC4. The standard InChI is InChI=1S/C37H34N2O2S/c1-2-16-42-35-21-27-8-5-9-30-29-14-15-39(33(29)22-34(41-35)36(27)30)37(40)32-20-28-17-23(12-13-31(28)38-32)10-11-24-18-25-6-3-4-7-26(25)19-24/h3,5-6,8-9,12-13,17,19-22,38H,2,4,7,10-11,14-16,18H2,1H3. The molecule has 210 valence electrons. The molecule has 8 rings (SSSR count). The minimum atomic E-state index is 0.0157. The number of aryl methyl sites for hydroxylation is 1. The molecule has 0 spiro atoms. The van der Waals surface area contributed by atoms with Gasteiger partial charge in [-0.2, -0.15) is 0 Å². The smallest absolute Gasteiger partial charge is 0.274 e. The first-order valence-electron chi connectivity index (χ1n) is 15.3. The van der Waals surface area contributed by atoms with Gasteiger partial charge in [0, 0.05) is 34.7 Å². The number of H-pyrrole nitrogens is 1. The van der Waals surface area contributed by atoms with Crippen LogP contribution < -0.4 is 9.64 Å². The van der Waals surface area contributed by atoms with Crippen LogP contribution in [0.25, 0.3) is 27.8 Å². The number of aromatic amines is 1. The number of benzene rings is 3. The molecule has 4 aliphatic rings. The molecule has 3 aromatic carbocycles. The van der Waals surface area contributed by atoms with Crippen molar-refractivity contribution in [1.82, 2.24) is 4.98 Å². The Morgan fingerprint density at radius 1 is 1.05 bits per heavy atom. The number of rotatable bonds is 7. The van der Waals surface area contributed by atoms with Crippen LogP contribution in [0, 0.1) is 0 Å². The highest BCUT2D eigenvalue weighted by Gasteiger charge is 2.31. The maximum absolute atomic E-state index is 13.9. The summed E-state index contributed by atoms with van der Waals surface area (Å²) in [6, 6.07) is 17.2. The van der Waals surface area contributed by atoms with E-state index in [0.29, 0.717) is 12.2 Å². The first-order chi connectivity index (χ1) is 20.6. The number of anilines is 1. The van der Waals surface area contributed by atoms with Crippen molar-refractivity contribution in [2.45, 2.75) is 51.9 Å². The van der Waals surface area contributed by atoms with Crippen molar-refractivity contribution in [1.29, 1.82) is 0 Å². The molecule has 1 aromatic heterocycles. The molecule has 0 bridgehead atoms. The fourth-order valence-corrected chi connectivity index (χ4v) is 7.76. The van der Waals surface area contributed by atoms with E-state index >= 15 is 0 Å². The molecule has 2 aliphatic carbocycles. The molecular weight excluding hydrogens is 536 g/mol. The third kappa shape index (κ3) is 4.42. The van der Waals surface area contributed by atoms with Crippen molar-refractivity contribution in [3.63, 3.8) is 0 Å². The number of nitrogens with zero attached hydrogens (tertiary/aromatic N) is 1. The molecule has 1 N–H and O–H groups in total. The van der Waals surface area contributed by atoms with Gasteiger partial charge in [-0.3, -0.25) is 4.79 Å². The first-order valence-corrected chi connectivity index (χ1v) is 16.3. The maximum atomic E-state index is 13.9. The highest BCUT2D eigenvalue weighted by molar-refractivity contribution is 8.03. The summed E-state index contributed by atoms with van der Waals surface area (Å²) in [5.41, 5.74) is 11.0. The van der Waals surface area contributed by atoms with E-state index in [9.17, 15) is 4.79 Å². The maximum Gasteiger partial charge on any atom is 0.274 e. The lowest BCUT2D eigenvalue weighted by Gasteiger charge is -2.22. The van der Waals surface area contributed by atoms with E-state index in [4.69, 9.17) is 4.74 Å². The van der Waals surface area contributed by atoms with Crippen molar-refractivity contribution < 1.29 is 9.53 Å². The summed E-state index contributed by atoms with van der Waals surface area (Å²) < 4.78 is 6.38. The summed E-state index contributed by atoms with van der Waals surface area (Å²) in [4.78, 5) is 19.3. The zero-order valence-corrected chi connectivity index (χ0v) is 24.8. The van der Waals surface area contributed by atoms with Gasteiger partial charge in [0.2, 0.25) is 0 Å². The van der Waals surface area contributed by atoms with Crippen LogP contribution >= 0.6 is 11.8 Å². The van der Waals surface area contributed by atoms with Crippen LogP contribution in [0.1, 0.15) is 66.2 Å². The third-order valence-corrected chi connectivity index (χ3v) is 10.2. The van der Waals surface area contributed by atoms with Crippen LogP contribution in [0.2, 0.25) is 0 Å². The predicted molar refractivity (Wildman–Crippen MR) is 175 cm³/mol. The van der Waals surface area contributed by atoms with E-state index in [1.54, 1.807) is 17.3 Å². The van der Waals surface area contributed by atoms with Crippen LogP contribution in [0.4, 0.5) is 5.69 Å². The van der Waals surface area contributed by atoms with E-state index in [-0.39, 0.29) is 5.91 Å². The Hall–Kier alpha value is -3.96. The summed E-state index contributed by atoms with van der Waals surface area (Å²) in [6.45, 7) is 2.85. The van der Waals surface area contributed by atoms with E-state index in [1.165, 1.54) is 46.1 Å². The number of aromatic nitrogens is 1. The number of ether oxygens (including phenoxy) is 1. The fourth-order valence-electron chi connectivity index (χ4n) is 6.99. The molecule has 3 heterocycles. The molecule has 1 amide bonds. The first kappa shape index (κ1) is 25.7. The van der Waals surface area contributed by atoms with Gasteiger partial charge in [0.1, 0.15) is 11.4 Å². The summed E-state index contributed by atoms with van der Waals surface area (Å²) in [5.74, 6) is 1.89. The minimum Gasteiger partial charge on any atom is -0.450 e. The number of thioether (sulfide) groups is 1. The second kappa shape index (κ2) is 10.4. The molecule has 0 radical (unpaired) electrons. The van der Waals surface area contributed by atoms with Gasteiger partial charge < -0.3 is 14.6 Å². The normalized spacial score (nSPS) is 17.0. The van der Waals surface area contributed by atoms with Gasteiger partial charge in [-0.1, -0.05) is 66.8 Å². The number of hydrogen-bond acceptors (Lipinski definition) is 3. The topological polar surface area (TPSA) is 45.3 Å². The molecule has 0 saturated carbocycles. The molecule has 42 heavy (non-hydrogen) atoms. The zero-order valence-electron chi connectivity index (χ0n) is 24.0. The van der Waals surface area contributed by atoms with Crippen molar-refractivity contribution >= 4 is 51.1 Å². The quantitative estimate of drug-likeness (QED) is 0.241. The molecule has 0 saturated heterocycles. The van der Waals surface area contributed by atoms with Gasteiger partial charge in [-0.25, -0.2) is 0 Å². The molecule has 0 unspecified atom stereocenters. The summed E-state index contributed by atoms with van der Waals surface area (Å²) in [6.07, 6.45) is 16.7. The van der Waals surface area contributed by atoms with Crippen LogP contribution in [0.3, 0.4) is 0 Å². The lowest BCUT2D eigenvalue weighted by atomic mass is 9.96. The summed E-state index contributed by atoms with van der Waals surface area (Å²) in [7, 11) is 0. The Morgan fingerprint density at radius 3 is 2.90 bits per heavy atom. The average Bonchev–Trinajstić information content (AvgIpc) is 3.75. The Balaban J connectivity index is 1.04. The second-order valence-electron chi connectivity index (χ2n) is 11.8. The van der Waals surface area contributed by atoms with E-state index < -0.39 is 0 Å². The van der Waals surface area contributed by atoms with E-state index in [0.717, 1.165) is 70.7 Å². The van der Waals surface area contributed by atoms with Crippen LogP contribution in [0.5, 0.6) is 5.75 Å². The zero-order chi connectivity index (χ0) is 28.2. The number of allylic oxidation sites excluding steroid dienone is 6. The number of hydrogen-bond donors (Lipinski definition) is 1. The summed E-state index contributed by atoms with van der Waals surface area (Å²) in [5, 5.41) is 4.37. The molecule has 4 nitrogen and oxygen atoms in total. The van der Waals surface area contributed by atoms with E-state index in [2.05, 4.69) is 78.7 Å². The number of carbonyl (C=O) groups excluding carboxylic acids is 1. The lowest BCUT2D eigenvalue weighted by Crippen LogP contribution is -2.29. The largest absolute Gasteiger partial charge is 0.450 e. The number of amides is 1. The lowest BCUT2D eigenvalue weighted by molar-refractivity contribution is 0.0985. The minimum absolute atomic E-state index is 0.0157. The van der Waals surface area contributed by atoms with E-state index in [1.807, 2.05) is 11.0 Å². The average molecular weight is 571 g/mol. The monoisotopic (exact) mass is 570 g/mol. The van der Waals surface area contributed by atoms with Crippen LogP contribution in [-0.4, -0.2) is 23.2 Å². The Kier molecular flexibility index (Phi) is 6.37. The molecule has 0 fully saturated rings. The second-order valence-corrected chi connectivity index (χ2v) is 12.9. The Bertz CT molecular complexity index is 1900. The predicted octanol–water partition coefficient (Wildman–Crippen LogP) is 9.27. The van der Waals surface area contributed by atoms with Crippen molar-refractivity contribution in [3.05, 3.63) is 111 Å².